The highest BCUT2D eigenvalue weighted by Gasteiger charge is 2.33. The normalized spacial score (nSPS) is 17.9. The maximum Gasteiger partial charge on any atom is 0.416 e. The number of hydrogen-bond donors (Lipinski definition) is 0. The predicted molar refractivity (Wildman–Crippen MR) is 106 cm³/mol. The summed E-state index contributed by atoms with van der Waals surface area (Å²) < 4.78 is 47.7. The average molecular weight is 416 g/mol. The van der Waals surface area contributed by atoms with Gasteiger partial charge < -0.3 is 4.74 Å². The molecule has 1 aliphatic heterocycles. The Hall–Kier alpha value is -2.71. The lowest BCUT2D eigenvalue weighted by molar-refractivity contribution is -0.138. The maximum absolute atomic E-state index is 13.3. The minimum absolute atomic E-state index is 0.120. The molecule has 0 saturated carbocycles. The van der Waals surface area contributed by atoms with Crippen molar-refractivity contribution < 1.29 is 17.9 Å². The quantitative estimate of drug-likeness (QED) is 0.631. The van der Waals surface area contributed by atoms with Crippen LogP contribution in [0.4, 0.5) is 13.2 Å². The van der Waals surface area contributed by atoms with Crippen LogP contribution in [0.2, 0.25) is 0 Å². The zero-order valence-electron chi connectivity index (χ0n) is 16.6. The van der Waals surface area contributed by atoms with E-state index in [4.69, 9.17) is 4.74 Å². The summed E-state index contributed by atoms with van der Waals surface area (Å²) in [4.78, 5) is 6.90. The molecule has 0 aliphatic carbocycles. The Labute approximate surface area is 173 Å². The average Bonchev–Trinajstić information content (AvgIpc) is 3.12. The van der Waals surface area contributed by atoms with Crippen molar-refractivity contribution >= 4 is 0 Å². The number of benzene rings is 1. The first-order valence-corrected chi connectivity index (χ1v) is 9.82. The summed E-state index contributed by atoms with van der Waals surface area (Å²) >= 11 is 0. The summed E-state index contributed by atoms with van der Waals surface area (Å²) in [5.74, 6) is 0. The highest BCUT2D eigenvalue weighted by Crippen LogP contribution is 2.33. The van der Waals surface area contributed by atoms with Crippen molar-refractivity contribution in [1.29, 1.82) is 0 Å². The summed E-state index contributed by atoms with van der Waals surface area (Å²) in [7, 11) is 1.91. The van der Waals surface area contributed by atoms with Gasteiger partial charge in [-0.15, -0.1) is 0 Å². The lowest BCUT2D eigenvalue weighted by atomic mass is 10.0. The summed E-state index contributed by atoms with van der Waals surface area (Å²) in [6, 6.07) is 13.1. The van der Waals surface area contributed by atoms with Crippen LogP contribution in [0, 0.1) is 0 Å². The van der Waals surface area contributed by atoms with Gasteiger partial charge in [0.2, 0.25) is 0 Å². The fourth-order valence-corrected chi connectivity index (χ4v) is 3.73. The summed E-state index contributed by atoms with van der Waals surface area (Å²) in [6.45, 7) is 2.81. The van der Waals surface area contributed by atoms with E-state index in [0.29, 0.717) is 18.8 Å². The Bertz CT molecular complexity index is 1000. The first-order valence-electron chi connectivity index (χ1n) is 9.82. The zero-order valence-corrected chi connectivity index (χ0v) is 16.6. The number of halogens is 3. The molecule has 1 aliphatic rings. The van der Waals surface area contributed by atoms with Gasteiger partial charge in [-0.05, 0) is 29.8 Å². The molecule has 30 heavy (non-hydrogen) atoms. The molecule has 3 heterocycles. The number of aryl methyl sites for hydroxylation is 1. The molecule has 8 heteroatoms. The molecule has 1 atom stereocenters. The number of pyridine rings is 1. The third kappa shape index (κ3) is 4.71. The van der Waals surface area contributed by atoms with E-state index in [9.17, 15) is 13.2 Å². The number of nitrogens with zero attached hydrogens (tertiary/aromatic N) is 4. The Kier molecular flexibility index (Phi) is 5.87. The molecule has 0 N–H and O–H groups in total. The second kappa shape index (κ2) is 8.57. The fraction of sp³-hybridized carbons (Fsp3) is 0.364. The predicted octanol–water partition coefficient (Wildman–Crippen LogP) is 4.00. The molecule has 3 aromatic rings. The second-order valence-corrected chi connectivity index (χ2v) is 7.43. The number of ether oxygens (including phenoxy) is 1. The topological polar surface area (TPSA) is 43.2 Å². The van der Waals surface area contributed by atoms with E-state index in [0.717, 1.165) is 30.5 Å². The molecule has 1 aromatic carbocycles. The van der Waals surface area contributed by atoms with Crippen molar-refractivity contribution in [3.05, 3.63) is 82.9 Å². The first kappa shape index (κ1) is 20.6. The number of alkyl halides is 3. The van der Waals surface area contributed by atoms with Crippen LogP contribution in [0.1, 0.15) is 34.3 Å². The molecule has 0 amide bonds. The lowest BCUT2D eigenvalue weighted by Crippen LogP contribution is -2.38. The van der Waals surface area contributed by atoms with Gasteiger partial charge in [-0.3, -0.25) is 14.6 Å². The van der Waals surface area contributed by atoms with E-state index in [1.54, 1.807) is 18.3 Å². The van der Waals surface area contributed by atoms with Gasteiger partial charge in [0, 0.05) is 45.0 Å². The molecule has 0 bridgehead atoms. The smallest absolute Gasteiger partial charge is 0.369 e. The van der Waals surface area contributed by atoms with Crippen molar-refractivity contribution in [2.24, 2.45) is 7.05 Å². The third-order valence-corrected chi connectivity index (χ3v) is 5.31. The minimum Gasteiger partial charge on any atom is -0.369 e. The van der Waals surface area contributed by atoms with Crippen molar-refractivity contribution in [2.45, 2.75) is 25.2 Å². The monoisotopic (exact) mass is 416 g/mol. The van der Waals surface area contributed by atoms with Gasteiger partial charge in [0.25, 0.3) is 0 Å². The van der Waals surface area contributed by atoms with Gasteiger partial charge in [-0.25, -0.2) is 0 Å². The van der Waals surface area contributed by atoms with Crippen LogP contribution in [0.5, 0.6) is 0 Å². The Morgan fingerprint density at radius 2 is 1.93 bits per heavy atom. The van der Waals surface area contributed by atoms with E-state index in [1.807, 2.05) is 29.9 Å². The van der Waals surface area contributed by atoms with Crippen LogP contribution in [0.3, 0.4) is 0 Å². The van der Waals surface area contributed by atoms with E-state index < -0.39 is 11.7 Å². The Morgan fingerprint density at radius 1 is 1.10 bits per heavy atom. The van der Waals surface area contributed by atoms with Crippen LogP contribution in [-0.2, 0) is 30.9 Å². The minimum atomic E-state index is -4.38. The van der Waals surface area contributed by atoms with Crippen LogP contribution in [0.15, 0.2) is 54.7 Å². The van der Waals surface area contributed by atoms with E-state index in [2.05, 4.69) is 15.0 Å². The van der Waals surface area contributed by atoms with Crippen molar-refractivity contribution in [3.63, 3.8) is 0 Å². The van der Waals surface area contributed by atoms with E-state index in [-0.39, 0.29) is 18.1 Å². The maximum atomic E-state index is 13.3. The molecular formula is C22H23F3N4O. The summed E-state index contributed by atoms with van der Waals surface area (Å²) in [5, 5.41) is 4.20. The van der Waals surface area contributed by atoms with Gasteiger partial charge in [0.1, 0.15) is 6.10 Å². The van der Waals surface area contributed by atoms with Crippen molar-refractivity contribution in [3.8, 4) is 0 Å². The van der Waals surface area contributed by atoms with Gasteiger partial charge in [-0.2, -0.15) is 18.3 Å². The standard InChI is InChI=1S/C22H23F3N4O/c1-28-18(9-10-26-28)14-29-11-12-30-21(15-29)20-8-4-6-17(27-20)13-16-5-2-3-7-19(16)22(23,24)25/h2-10,21H,11-15H2,1H3. The van der Waals surface area contributed by atoms with Crippen LogP contribution < -0.4 is 0 Å². The molecule has 0 radical (unpaired) electrons. The summed E-state index contributed by atoms with van der Waals surface area (Å²) in [5.41, 5.74) is 2.05. The number of aromatic nitrogens is 3. The lowest BCUT2D eigenvalue weighted by Gasteiger charge is -2.32. The SMILES string of the molecule is Cn1nccc1CN1CCOC(c2cccc(Cc3ccccc3C(F)(F)F)n2)C1. The Balaban J connectivity index is 1.49. The van der Waals surface area contributed by atoms with Crippen LogP contribution in [0.25, 0.3) is 0 Å². The number of hydrogen-bond acceptors (Lipinski definition) is 4. The number of rotatable bonds is 5. The molecule has 2 aromatic heterocycles. The molecule has 1 unspecified atom stereocenters. The van der Waals surface area contributed by atoms with E-state index >= 15 is 0 Å². The second-order valence-electron chi connectivity index (χ2n) is 7.43. The molecular weight excluding hydrogens is 393 g/mol. The van der Waals surface area contributed by atoms with E-state index in [1.165, 1.54) is 12.1 Å². The highest BCUT2D eigenvalue weighted by molar-refractivity contribution is 5.33. The first-order chi connectivity index (χ1) is 14.4. The molecule has 158 valence electrons. The molecule has 4 rings (SSSR count). The molecule has 0 spiro atoms. The molecule has 1 fully saturated rings. The number of morpholine rings is 1. The van der Waals surface area contributed by atoms with Gasteiger partial charge in [0.05, 0.1) is 23.6 Å². The Morgan fingerprint density at radius 3 is 2.70 bits per heavy atom. The molecule has 5 nitrogen and oxygen atoms in total. The molecule has 1 saturated heterocycles. The highest BCUT2D eigenvalue weighted by atomic mass is 19.4. The van der Waals surface area contributed by atoms with Gasteiger partial charge in [0.15, 0.2) is 0 Å². The van der Waals surface area contributed by atoms with Crippen molar-refractivity contribution in [2.75, 3.05) is 19.7 Å². The zero-order chi connectivity index (χ0) is 21.1. The van der Waals surface area contributed by atoms with Gasteiger partial charge >= 0.3 is 6.18 Å². The van der Waals surface area contributed by atoms with Crippen LogP contribution >= 0.6 is 0 Å². The van der Waals surface area contributed by atoms with Gasteiger partial charge in [-0.1, -0.05) is 24.3 Å². The fourth-order valence-electron chi connectivity index (χ4n) is 3.73. The van der Waals surface area contributed by atoms with Crippen molar-refractivity contribution in [1.82, 2.24) is 19.7 Å². The largest absolute Gasteiger partial charge is 0.416 e. The summed E-state index contributed by atoms with van der Waals surface area (Å²) in [6.07, 6.45) is -2.70. The third-order valence-electron chi connectivity index (χ3n) is 5.31. The van der Waals surface area contributed by atoms with Crippen LogP contribution in [-0.4, -0.2) is 39.4 Å².